The number of phenols is 1. The first kappa shape index (κ1) is 12.8. The molecule has 0 heterocycles. The number of hydrogen-bond acceptors (Lipinski definition) is 2. The predicted molar refractivity (Wildman–Crippen MR) is 63.2 cm³/mol. The average Bonchev–Trinajstić information content (AvgIpc) is 2.18. The van der Waals surface area contributed by atoms with Gasteiger partial charge in [-0.05, 0) is 35.6 Å². The highest BCUT2D eigenvalue weighted by molar-refractivity contribution is 6.30. The zero-order valence-corrected chi connectivity index (χ0v) is 10.1. The molecule has 0 fully saturated rings. The molecule has 1 rings (SSSR count). The van der Waals surface area contributed by atoms with E-state index in [9.17, 15) is 9.90 Å². The van der Waals surface area contributed by atoms with E-state index in [2.05, 4.69) is 0 Å². The van der Waals surface area contributed by atoms with Crippen molar-refractivity contribution < 1.29 is 15.0 Å². The Morgan fingerprint density at radius 2 is 2.06 bits per heavy atom. The molecular weight excluding hydrogens is 228 g/mol. The van der Waals surface area contributed by atoms with Gasteiger partial charge >= 0.3 is 5.97 Å². The van der Waals surface area contributed by atoms with Gasteiger partial charge in [0.2, 0.25) is 0 Å². The van der Waals surface area contributed by atoms with Gasteiger partial charge in [0.15, 0.2) is 0 Å². The summed E-state index contributed by atoms with van der Waals surface area (Å²) >= 11 is 5.92. The maximum absolute atomic E-state index is 10.5. The average molecular weight is 243 g/mol. The molecule has 0 aliphatic heterocycles. The van der Waals surface area contributed by atoms with Crippen LogP contribution in [0.2, 0.25) is 5.02 Å². The van der Waals surface area contributed by atoms with Gasteiger partial charge in [-0.2, -0.15) is 0 Å². The van der Waals surface area contributed by atoms with E-state index in [1.165, 1.54) is 0 Å². The molecule has 0 bridgehead atoms. The predicted octanol–water partition coefficient (Wildman–Crippen LogP) is 3.19. The molecule has 0 saturated carbocycles. The van der Waals surface area contributed by atoms with Crippen molar-refractivity contribution in [1.82, 2.24) is 0 Å². The first-order valence-corrected chi connectivity index (χ1v) is 5.52. The maximum Gasteiger partial charge on any atom is 0.303 e. The number of rotatable bonds is 4. The molecule has 0 saturated heterocycles. The van der Waals surface area contributed by atoms with Crippen molar-refractivity contribution in [2.75, 3.05) is 0 Å². The van der Waals surface area contributed by atoms with Crippen LogP contribution in [0.25, 0.3) is 0 Å². The molecule has 0 aromatic heterocycles. The van der Waals surface area contributed by atoms with E-state index >= 15 is 0 Å². The van der Waals surface area contributed by atoms with Crippen molar-refractivity contribution in [3.05, 3.63) is 28.3 Å². The first-order chi connectivity index (χ1) is 7.41. The van der Waals surface area contributed by atoms with E-state index in [4.69, 9.17) is 16.7 Å². The first-order valence-electron chi connectivity index (χ1n) is 5.15. The van der Waals surface area contributed by atoms with E-state index in [1.807, 2.05) is 13.8 Å². The second-order valence-corrected chi connectivity index (χ2v) is 4.49. The smallest absolute Gasteiger partial charge is 0.303 e. The Labute approximate surface area is 99.7 Å². The summed E-state index contributed by atoms with van der Waals surface area (Å²) in [6.45, 7) is 3.90. The summed E-state index contributed by atoms with van der Waals surface area (Å²) in [5.41, 5.74) is 1.35. The van der Waals surface area contributed by atoms with Gasteiger partial charge in [0.05, 0.1) is 0 Å². The lowest BCUT2D eigenvalue weighted by Gasteiger charge is -2.12. The molecule has 3 nitrogen and oxygen atoms in total. The molecule has 1 aromatic rings. The number of phenolic OH excluding ortho intramolecular Hbond substituents is 1. The monoisotopic (exact) mass is 242 g/mol. The lowest BCUT2D eigenvalue weighted by atomic mass is 9.97. The fourth-order valence-corrected chi connectivity index (χ4v) is 1.80. The van der Waals surface area contributed by atoms with Crippen LogP contribution in [0.5, 0.6) is 5.75 Å². The second-order valence-electron chi connectivity index (χ2n) is 4.05. The van der Waals surface area contributed by atoms with E-state index in [-0.39, 0.29) is 18.1 Å². The highest BCUT2D eigenvalue weighted by atomic mass is 35.5. The molecule has 1 aromatic carbocycles. The van der Waals surface area contributed by atoms with Crippen LogP contribution in [0, 0.1) is 0 Å². The zero-order valence-electron chi connectivity index (χ0n) is 9.33. The van der Waals surface area contributed by atoms with Gasteiger partial charge in [0, 0.05) is 11.4 Å². The molecule has 4 heteroatoms. The largest absolute Gasteiger partial charge is 0.507 e. The Balaban J connectivity index is 3.04. The Hall–Kier alpha value is -1.22. The molecule has 16 heavy (non-hydrogen) atoms. The SMILES string of the molecule is CC(C)c1cc(Cl)cc(CCC(=O)O)c1O. The number of carbonyl (C=O) groups is 1. The van der Waals surface area contributed by atoms with Crippen LogP contribution in [0.1, 0.15) is 37.3 Å². The lowest BCUT2D eigenvalue weighted by molar-refractivity contribution is -0.136. The molecule has 0 radical (unpaired) electrons. The van der Waals surface area contributed by atoms with E-state index in [0.717, 1.165) is 5.56 Å². The van der Waals surface area contributed by atoms with Crippen LogP contribution in [-0.4, -0.2) is 16.2 Å². The summed E-state index contributed by atoms with van der Waals surface area (Å²) < 4.78 is 0. The van der Waals surface area contributed by atoms with E-state index in [1.54, 1.807) is 12.1 Å². The van der Waals surface area contributed by atoms with Gasteiger partial charge in [-0.15, -0.1) is 0 Å². The van der Waals surface area contributed by atoms with E-state index in [0.29, 0.717) is 17.0 Å². The number of aromatic hydroxyl groups is 1. The fraction of sp³-hybridized carbons (Fsp3) is 0.417. The van der Waals surface area contributed by atoms with Crippen molar-refractivity contribution in [2.45, 2.75) is 32.6 Å². The highest BCUT2D eigenvalue weighted by Gasteiger charge is 2.13. The topological polar surface area (TPSA) is 57.5 Å². The highest BCUT2D eigenvalue weighted by Crippen LogP contribution is 2.32. The fourth-order valence-electron chi connectivity index (χ4n) is 1.55. The van der Waals surface area contributed by atoms with Gasteiger partial charge in [-0.25, -0.2) is 0 Å². The van der Waals surface area contributed by atoms with Gasteiger partial charge < -0.3 is 10.2 Å². The van der Waals surface area contributed by atoms with Crippen molar-refractivity contribution in [3.63, 3.8) is 0 Å². The molecule has 0 amide bonds. The van der Waals surface area contributed by atoms with Crippen LogP contribution in [-0.2, 0) is 11.2 Å². The molecule has 2 N–H and O–H groups in total. The third kappa shape index (κ3) is 3.14. The van der Waals surface area contributed by atoms with Crippen LogP contribution in [0.15, 0.2) is 12.1 Å². The molecule has 0 atom stereocenters. The molecule has 88 valence electrons. The van der Waals surface area contributed by atoms with Crippen LogP contribution in [0.3, 0.4) is 0 Å². The number of aliphatic carboxylic acids is 1. The van der Waals surface area contributed by atoms with Gasteiger partial charge in [-0.3, -0.25) is 4.79 Å². The normalized spacial score (nSPS) is 10.8. The van der Waals surface area contributed by atoms with E-state index < -0.39 is 5.97 Å². The summed E-state index contributed by atoms with van der Waals surface area (Å²) in [6, 6.07) is 3.33. The number of halogens is 1. The quantitative estimate of drug-likeness (QED) is 0.853. The number of aryl methyl sites for hydroxylation is 1. The minimum atomic E-state index is -0.884. The van der Waals surface area contributed by atoms with Crippen LogP contribution < -0.4 is 0 Å². The molecule has 0 aliphatic carbocycles. The van der Waals surface area contributed by atoms with Gasteiger partial charge in [-0.1, -0.05) is 25.4 Å². The van der Waals surface area contributed by atoms with Crippen molar-refractivity contribution >= 4 is 17.6 Å². The summed E-state index contributed by atoms with van der Waals surface area (Å²) in [6.07, 6.45) is 0.285. The Bertz CT molecular complexity index is 399. The zero-order chi connectivity index (χ0) is 12.3. The molecular formula is C12H15ClO3. The van der Waals surface area contributed by atoms with Crippen molar-refractivity contribution in [2.24, 2.45) is 0 Å². The number of carboxylic acid groups (broad SMARTS) is 1. The summed E-state index contributed by atoms with van der Waals surface area (Å²) in [4.78, 5) is 10.5. The van der Waals surface area contributed by atoms with Crippen molar-refractivity contribution in [1.29, 1.82) is 0 Å². The maximum atomic E-state index is 10.5. The van der Waals surface area contributed by atoms with Gasteiger partial charge in [0.1, 0.15) is 5.75 Å². The summed E-state index contributed by atoms with van der Waals surface area (Å²) in [5, 5.41) is 19.1. The minimum Gasteiger partial charge on any atom is -0.507 e. The van der Waals surface area contributed by atoms with Crippen LogP contribution >= 0.6 is 11.6 Å². The Morgan fingerprint density at radius 3 is 2.56 bits per heavy atom. The minimum absolute atomic E-state index is 0.00849. The second kappa shape index (κ2) is 5.21. The lowest BCUT2D eigenvalue weighted by Crippen LogP contribution is -1.99. The third-order valence-electron chi connectivity index (χ3n) is 2.41. The van der Waals surface area contributed by atoms with Gasteiger partial charge in [0.25, 0.3) is 0 Å². The number of benzene rings is 1. The molecule has 0 aliphatic rings. The summed E-state index contributed by atoms with van der Waals surface area (Å²) in [5.74, 6) is -0.562. The standard InChI is InChI=1S/C12H15ClO3/c1-7(2)10-6-9(13)5-8(12(10)16)3-4-11(14)15/h5-7,16H,3-4H2,1-2H3,(H,14,15). The molecule has 0 unspecified atom stereocenters. The number of hydrogen-bond donors (Lipinski definition) is 2. The van der Waals surface area contributed by atoms with Crippen molar-refractivity contribution in [3.8, 4) is 5.75 Å². The number of carboxylic acids is 1. The third-order valence-corrected chi connectivity index (χ3v) is 2.63. The summed E-state index contributed by atoms with van der Waals surface area (Å²) in [7, 11) is 0. The Kier molecular flexibility index (Phi) is 4.19. The van der Waals surface area contributed by atoms with Crippen LogP contribution in [0.4, 0.5) is 0 Å². The Morgan fingerprint density at radius 1 is 1.44 bits per heavy atom. The molecule has 0 spiro atoms.